The van der Waals surface area contributed by atoms with Crippen molar-refractivity contribution < 1.29 is 9.90 Å². The van der Waals surface area contributed by atoms with Crippen molar-refractivity contribution in [3.63, 3.8) is 0 Å². The van der Waals surface area contributed by atoms with Gasteiger partial charge in [0.15, 0.2) is 0 Å². The number of rotatable bonds is 2. The second-order valence-electron chi connectivity index (χ2n) is 3.07. The van der Waals surface area contributed by atoms with E-state index < -0.39 is 5.97 Å². The molecule has 0 atom stereocenters. The van der Waals surface area contributed by atoms with Crippen LogP contribution in [0.15, 0.2) is 48.7 Å². The molecule has 0 saturated heterocycles. The number of carboxylic acids is 1. The van der Waals surface area contributed by atoms with Gasteiger partial charge in [-0.05, 0) is 12.1 Å². The van der Waals surface area contributed by atoms with E-state index in [1.165, 1.54) is 0 Å². The molecular formula is C18H27NO2. The van der Waals surface area contributed by atoms with Crippen molar-refractivity contribution in [1.29, 1.82) is 0 Å². The highest BCUT2D eigenvalue weighted by atomic mass is 16.4. The normalized spacial score (nSPS) is 7.90. The number of aromatic carboxylic acids is 1. The average Bonchev–Trinajstić information content (AvgIpc) is 2.61. The van der Waals surface area contributed by atoms with Gasteiger partial charge in [-0.3, -0.25) is 4.98 Å². The van der Waals surface area contributed by atoms with Crippen molar-refractivity contribution >= 4 is 5.97 Å². The van der Waals surface area contributed by atoms with Crippen LogP contribution in [0.2, 0.25) is 0 Å². The second kappa shape index (κ2) is 14.3. The van der Waals surface area contributed by atoms with Crippen molar-refractivity contribution in [2.24, 2.45) is 0 Å². The van der Waals surface area contributed by atoms with Crippen LogP contribution in [0.3, 0.4) is 0 Å². The Labute approximate surface area is 128 Å². The van der Waals surface area contributed by atoms with Gasteiger partial charge in [0.1, 0.15) is 0 Å². The molecule has 0 radical (unpaired) electrons. The minimum atomic E-state index is -0.957. The van der Waals surface area contributed by atoms with Gasteiger partial charge in [0, 0.05) is 11.8 Å². The van der Waals surface area contributed by atoms with E-state index in [0.717, 1.165) is 5.56 Å². The van der Waals surface area contributed by atoms with Crippen LogP contribution < -0.4 is 0 Å². The highest BCUT2D eigenvalue weighted by Crippen LogP contribution is 2.20. The molecule has 0 amide bonds. The Balaban J connectivity index is 0. The van der Waals surface area contributed by atoms with Crippen LogP contribution in [0, 0.1) is 0 Å². The van der Waals surface area contributed by atoms with Gasteiger partial charge in [-0.1, -0.05) is 71.9 Å². The zero-order valence-electron chi connectivity index (χ0n) is 13.9. The summed E-state index contributed by atoms with van der Waals surface area (Å²) in [5, 5.41) is 8.99. The van der Waals surface area contributed by atoms with Crippen LogP contribution >= 0.6 is 0 Å². The molecule has 1 aromatic heterocycles. The van der Waals surface area contributed by atoms with Crippen molar-refractivity contribution in [1.82, 2.24) is 4.98 Å². The van der Waals surface area contributed by atoms with Crippen LogP contribution in [0.4, 0.5) is 0 Å². The SMILES string of the molecule is CC.CC.CC.O=C(O)c1cccnc1-c1ccccc1. The van der Waals surface area contributed by atoms with Gasteiger partial charge < -0.3 is 5.11 Å². The lowest BCUT2D eigenvalue weighted by atomic mass is 10.1. The zero-order chi connectivity index (χ0) is 16.7. The van der Waals surface area contributed by atoms with E-state index in [-0.39, 0.29) is 5.56 Å². The minimum absolute atomic E-state index is 0.226. The highest BCUT2D eigenvalue weighted by Gasteiger charge is 2.11. The fourth-order valence-corrected chi connectivity index (χ4v) is 1.40. The topological polar surface area (TPSA) is 50.2 Å². The Morgan fingerprint density at radius 3 is 1.86 bits per heavy atom. The molecule has 21 heavy (non-hydrogen) atoms. The number of hydrogen-bond acceptors (Lipinski definition) is 2. The molecule has 0 saturated carbocycles. The maximum Gasteiger partial charge on any atom is 0.337 e. The zero-order valence-corrected chi connectivity index (χ0v) is 13.9. The maximum atomic E-state index is 11.0. The van der Waals surface area contributed by atoms with Crippen LogP contribution in [-0.2, 0) is 0 Å². The first kappa shape index (κ1) is 21.1. The van der Waals surface area contributed by atoms with Gasteiger partial charge in [-0.2, -0.15) is 0 Å². The van der Waals surface area contributed by atoms with Gasteiger partial charge in [0.25, 0.3) is 0 Å². The third-order valence-corrected chi connectivity index (χ3v) is 2.09. The molecule has 0 fully saturated rings. The number of nitrogens with zero attached hydrogens (tertiary/aromatic N) is 1. The van der Waals surface area contributed by atoms with E-state index >= 15 is 0 Å². The number of carboxylic acid groups (broad SMARTS) is 1. The molecular weight excluding hydrogens is 262 g/mol. The molecule has 1 N–H and O–H groups in total. The Hall–Kier alpha value is -2.16. The van der Waals surface area contributed by atoms with Crippen molar-refractivity contribution in [2.45, 2.75) is 41.5 Å². The number of benzene rings is 1. The van der Waals surface area contributed by atoms with Crippen LogP contribution in [-0.4, -0.2) is 16.1 Å². The summed E-state index contributed by atoms with van der Waals surface area (Å²) < 4.78 is 0. The lowest BCUT2D eigenvalue weighted by Crippen LogP contribution is -2.00. The lowest BCUT2D eigenvalue weighted by molar-refractivity contribution is 0.0697. The summed E-state index contributed by atoms with van der Waals surface area (Å²) in [6.45, 7) is 12.0. The molecule has 2 rings (SSSR count). The fraction of sp³-hybridized carbons (Fsp3) is 0.333. The average molecular weight is 289 g/mol. The van der Waals surface area contributed by atoms with Gasteiger partial charge >= 0.3 is 5.97 Å². The van der Waals surface area contributed by atoms with E-state index in [4.69, 9.17) is 5.11 Å². The monoisotopic (exact) mass is 289 g/mol. The van der Waals surface area contributed by atoms with E-state index in [9.17, 15) is 4.79 Å². The fourth-order valence-electron chi connectivity index (χ4n) is 1.40. The maximum absolute atomic E-state index is 11.0. The van der Waals surface area contributed by atoms with Crippen molar-refractivity contribution in [3.8, 4) is 11.3 Å². The first-order chi connectivity index (χ1) is 10.3. The largest absolute Gasteiger partial charge is 0.478 e. The van der Waals surface area contributed by atoms with Gasteiger partial charge in [-0.25, -0.2) is 4.79 Å². The van der Waals surface area contributed by atoms with Crippen molar-refractivity contribution in [2.75, 3.05) is 0 Å². The Morgan fingerprint density at radius 2 is 1.38 bits per heavy atom. The van der Waals surface area contributed by atoms with Crippen molar-refractivity contribution in [3.05, 3.63) is 54.2 Å². The van der Waals surface area contributed by atoms with E-state index in [2.05, 4.69) is 4.98 Å². The molecule has 0 spiro atoms. The summed E-state index contributed by atoms with van der Waals surface area (Å²) in [5.74, 6) is -0.957. The number of pyridine rings is 1. The molecule has 0 unspecified atom stereocenters. The van der Waals surface area contributed by atoms with E-state index in [0.29, 0.717) is 5.69 Å². The Bertz CT molecular complexity index is 482. The summed E-state index contributed by atoms with van der Waals surface area (Å²) in [6, 6.07) is 12.5. The lowest BCUT2D eigenvalue weighted by Gasteiger charge is -2.03. The first-order valence-electron chi connectivity index (χ1n) is 7.53. The molecule has 0 aliphatic carbocycles. The predicted molar refractivity (Wildman–Crippen MR) is 90.7 cm³/mol. The second-order valence-corrected chi connectivity index (χ2v) is 3.07. The third kappa shape index (κ3) is 7.25. The van der Waals surface area contributed by atoms with Gasteiger partial charge in [0.2, 0.25) is 0 Å². The Kier molecular flexibility index (Phi) is 14.4. The standard InChI is InChI=1S/C12H9NO2.3C2H6/c14-12(15)10-7-4-8-13-11(10)9-5-2-1-3-6-9;3*1-2/h1-8H,(H,14,15);3*1-2H3. The molecule has 1 aromatic carbocycles. The number of carbonyl (C=O) groups is 1. The smallest absolute Gasteiger partial charge is 0.337 e. The summed E-state index contributed by atoms with van der Waals surface area (Å²) in [6.07, 6.45) is 1.59. The van der Waals surface area contributed by atoms with Crippen LogP contribution in [0.5, 0.6) is 0 Å². The summed E-state index contributed by atoms with van der Waals surface area (Å²) in [7, 11) is 0. The Morgan fingerprint density at radius 1 is 0.857 bits per heavy atom. The molecule has 2 aromatic rings. The van der Waals surface area contributed by atoms with Crippen LogP contribution in [0.25, 0.3) is 11.3 Å². The summed E-state index contributed by atoms with van der Waals surface area (Å²) in [4.78, 5) is 15.0. The third-order valence-electron chi connectivity index (χ3n) is 2.09. The summed E-state index contributed by atoms with van der Waals surface area (Å²) >= 11 is 0. The van der Waals surface area contributed by atoms with E-state index in [1.54, 1.807) is 18.3 Å². The molecule has 116 valence electrons. The molecule has 1 heterocycles. The van der Waals surface area contributed by atoms with Gasteiger partial charge in [-0.15, -0.1) is 0 Å². The quantitative estimate of drug-likeness (QED) is 0.791. The first-order valence-corrected chi connectivity index (χ1v) is 7.53. The molecule has 0 bridgehead atoms. The highest BCUT2D eigenvalue weighted by molar-refractivity contribution is 5.94. The van der Waals surface area contributed by atoms with Gasteiger partial charge in [0.05, 0.1) is 11.3 Å². The molecule has 0 aliphatic rings. The molecule has 3 heteroatoms. The van der Waals surface area contributed by atoms with E-state index in [1.807, 2.05) is 71.9 Å². The minimum Gasteiger partial charge on any atom is -0.478 e. The molecule has 3 nitrogen and oxygen atoms in total. The molecule has 0 aliphatic heterocycles. The van der Waals surface area contributed by atoms with Crippen LogP contribution in [0.1, 0.15) is 51.9 Å². The summed E-state index contributed by atoms with van der Waals surface area (Å²) in [5.41, 5.74) is 1.55. The number of aromatic nitrogens is 1. The number of hydrogen-bond donors (Lipinski definition) is 1. The predicted octanol–water partition coefficient (Wildman–Crippen LogP) is 5.53.